The van der Waals surface area contributed by atoms with Gasteiger partial charge in [-0.15, -0.1) is 0 Å². The van der Waals surface area contributed by atoms with Crippen LogP contribution < -0.4 is 14.8 Å². The molecular formula is C17H15NO6. The summed E-state index contributed by atoms with van der Waals surface area (Å²) in [5, 5.41) is 11.5. The number of fused-ring (bicyclic) bond motifs is 1. The van der Waals surface area contributed by atoms with Gasteiger partial charge in [-0.25, -0.2) is 9.59 Å². The number of ether oxygens (including phenoxy) is 3. The van der Waals surface area contributed by atoms with Crippen LogP contribution in [0.25, 0.3) is 0 Å². The van der Waals surface area contributed by atoms with Crippen LogP contribution in [0.4, 0.5) is 10.5 Å². The maximum atomic E-state index is 11.9. The Bertz CT molecular complexity index is 773. The molecule has 0 radical (unpaired) electrons. The summed E-state index contributed by atoms with van der Waals surface area (Å²) in [4.78, 5) is 23.0. The molecule has 3 rings (SSSR count). The molecule has 1 aliphatic heterocycles. The van der Waals surface area contributed by atoms with Crippen molar-refractivity contribution < 1.29 is 28.9 Å². The Hall–Kier alpha value is -3.22. The van der Waals surface area contributed by atoms with Crippen LogP contribution in [0.5, 0.6) is 11.5 Å². The summed E-state index contributed by atoms with van der Waals surface area (Å²) in [6.07, 6.45) is -0.737. The van der Waals surface area contributed by atoms with Crippen molar-refractivity contribution in [3.8, 4) is 11.5 Å². The second-order valence-corrected chi connectivity index (χ2v) is 5.03. The predicted molar refractivity (Wildman–Crippen MR) is 84.6 cm³/mol. The smallest absolute Gasteiger partial charge is 0.411 e. The zero-order chi connectivity index (χ0) is 16.9. The van der Waals surface area contributed by atoms with Gasteiger partial charge in [-0.3, -0.25) is 5.32 Å². The number of nitrogens with one attached hydrogen (secondary N) is 1. The Labute approximate surface area is 137 Å². The highest BCUT2D eigenvalue weighted by molar-refractivity contribution is 5.98. The van der Waals surface area contributed by atoms with Crippen LogP contribution >= 0.6 is 0 Å². The number of benzene rings is 2. The van der Waals surface area contributed by atoms with Crippen LogP contribution in [0.3, 0.4) is 0 Å². The van der Waals surface area contributed by atoms with Crippen molar-refractivity contribution in [3.63, 3.8) is 0 Å². The fourth-order valence-electron chi connectivity index (χ4n) is 2.25. The van der Waals surface area contributed by atoms with Crippen molar-refractivity contribution in [1.82, 2.24) is 0 Å². The molecule has 1 heterocycles. The molecule has 7 heteroatoms. The van der Waals surface area contributed by atoms with Crippen LogP contribution in [0.1, 0.15) is 15.9 Å². The van der Waals surface area contributed by atoms with Gasteiger partial charge in [0.1, 0.15) is 19.8 Å². The number of para-hydroxylation sites is 1. The minimum Gasteiger partial charge on any atom is -0.486 e. The first-order valence-corrected chi connectivity index (χ1v) is 7.28. The number of hydrogen-bond donors (Lipinski definition) is 2. The van der Waals surface area contributed by atoms with Gasteiger partial charge < -0.3 is 19.3 Å². The number of carbonyl (C=O) groups is 2. The fraction of sp³-hybridized carbons (Fsp3) is 0.176. The number of carbonyl (C=O) groups excluding carboxylic acids is 1. The van der Waals surface area contributed by atoms with Crippen molar-refractivity contribution >= 4 is 17.7 Å². The maximum absolute atomic E-state index is 11.9. The molecule has 0 aromatic heterocycles. The van der Waals surface area contributed by atoms with Gasteiger partial charge in [0.15, 0.2) is 11.5 Å². The van der Waals surface area contributed by atoms with Crippen molar-refractivity contribution in [2.45, 2.75) is 6.61 Å². The van der Waals surface area contributed by atoms with E-state index in [0.29, 0.717) is 24.7 Å². The summed E-state index contributed by atoms with van der Waals surface area (Å²) in [5.74, 6) is 0.140. The summed E-state index contributed by atoms with van der Waals surface area (Å²) >= 11 is 0. The number of amides is 1. The minimum absolute atomic E-state index is 0.00576. The molecular weight excluding hydrogens is 314 g/mol. The van der Waals surface area contributed by atoms with E-state index in [1.165, 1.54) is 12.1 Å². The lowest BCUT2D eigenvalue weighted by Gasteiger charge is -2.18. The molecule has 0 aliphatic carbocycles. The molecule has 0 bridgehead atoms. The number of hydrogen-bond acceptors (Lipinski definition) is 5. The summed E-state index contributed by atoms with van der Waals surface area (Å²) in [7, 11) is 0. The van der Waals surface area contributed by atoms with Gasteiger partial charge in [-0.1, -0.05) is 18.2 Å². The average Bonchev–Trinajstić information content (AvgIpc) is 2.60. The summed E-state index contributed by atoms with van der Waals surface area (Å²) in [5.41, 5.74) is 0.909. The average molecular weight is 329 g/mol. The van der Waals surface area contributed by atoms with Gasteiger partial charge in [-0.05, 0) is 29.8 Å². The zero-order valence-electron chi connectivity index (χ0n) is 12.7. The van der Waals surface area contributed by atoms with E-state index in [-0.39, 0.29) is 17.9 Å². The topological polar surface area (TPSA) is 94.1 Å². The Kier molecular flexibility index (Phi) is 4.51. The van der Waals surface area contributed by atoms with Crippen LogP contribution in [-0.4, -0.2) is 30.4 Å². The molecule has 1 aliphatic rings. The molecule has 0 spiro atoms. The van der Waals surface area contributed by atoms with Gasteiger partial charge in [0.25, 0.3) is 0 Å². The predicted octanol–water partition coefficient (Wildman–Crippen LogP) is 2.90. The Morgan fingerprint density at radius 1 is 1.08 bits per heavy atom. The Morgan fingerprint density at radius 2 is 1.83 bits per heavy atom. The largest absolute Gasteiger partial charge is 0.486 e. The number of rotatable bonds is 4. The van der Waals surface area contributed by atoms with Gasteiger partial charge >= 0.3 is 12.1 Å². The van der Waals surface area contributed by atoms with Gasteiger partial charge in [0.2, 0.25) is 0 Å². The van der Waals surface area contributed by atoms with Gasteiger partial charge in [0.05, 0.1) is 11.3 Å². The van der Waals surface area contributed by atoms with Crippen LogP contribution in [0.15, 0.2) is 42.5 Å². The van der Waals surface area contributed by atoms with Crippen molar-refractivity contribution in [2.75, 3.05) is 18.5 Å². The highest BCUT2D eigenvalue weighted by atomic mass is 16.6. The first-order valence-electron chi connectivity index (χ1n) is 7.28. The van der Waals surface area contributed by atoms with E-state index in [2.05, 4.69) is 5.32 Å². The van der Waals surface area contributed by atoms with Crippen molar-refractivity contribution in [1.29, 1.82) is 0 Å². The lowest BCUT2D eigenvalue weighted by Crippen LogP contribution is -2.17. The molecule has 2 N–H and O–H groups in total. The molecule has 0 saturated heterocycles. The Balaban J connectivity index is 1.61. The molecule has 2 aromatic rings. The minimum atomic E-state index is -1.13. The normalized spacial score (nSPS) is 12.3. The third kappa shape index (κ3) is 3.57. The van der Waals surface area contributed by atoms with Crippen LogP contribution in [0, 0.1) is 0 Å². The van der Waals surface area contributed by atoms with Crippen LogP contribution in [-0.2, 0) is 11.3 Å². The first-order chi connectivity index (χ1) is 11.6. The summed E-state index contributed by atoms with van der Waals surface area (Å²) in [6.45, 7) is 1.01. The van der Waals surface area contributed by atoms with E-state index in [4.69, 9.17) is 19.3 Å². The molecule has 124 valence electrons. The standard InChI is InChI=1S/C17H15NO6/c19-16(20)12-3-1-2-4-13(12)18-17(21)24-10-11-5-6-14-15(9-11)23-8-7-22-14/h1-6,9H,7-8,10H2,(H,18,21)(H,19,20). The summed E-state index contributed by atoms with van der Waals surface area (Å²) in [6, 6.07) is 11.4. The molecule has 0 fully saturated rings. The van der Waals surface area contributed by atoms with E-state index in [0.717, 1.165) is 5.56 Å². The highest BCUT2D eigenvalue weighted by Gasteiger charge is 2.14. The fourth-order valence-corrected chi connectivity index (χ4v) is 2.25. The van der Waals surface area contributed by atoms with Gasteiger partial charge in [-0.2, -0.15) is 0 Å². The van der Waals surface area contributed by atoms with E-state index in [1.807, 2.05) is 0 Å². The van der Waals surface area contributed by atoms with E-state index in [1.54, 1.807) is 30.3 Å². The zero-order valence-corrected chi connectivity index (χ0v) is 12.7. The summed E-state index contributed by atoms with van der Waals surface area (Å²) < 4.78 is 16.0. The van der Waals surface area contributed by atoms with Crippen molar-refractivity contribution in [3.05, 3.63) is 53.6 Å². The van der Waals surface area contributed by atoms with Gasteiger partial charge in [0, 0.05) is 0 Å². The molecule has 0 unspecified atom stereocenters. The number of carboxylic acids is 1. The molecule has 2 aromatic carbocycles. The molecule has 0 saturated carbocycles. The molecule has 1 amide bonds. The lowest BCUT2D eigenvalue weighted by atomic mass is 10.2. The van der Waals surface area contributed by atoms with Crippen molar-refractivity contribution in [2.24, 2.45) is 0 Å². The third-order valence-corrected chi connectivity index (χ3v) is 3.37. The van der Waals surface area contributed by atoms with E-state index >= 15 is 0 Å². The van der Waals surface area contributed by atoms with E-state index in [9.17, 15) is 9.59 Å². The van der Waals surface area contributed by atoms with Crippen LogP contribution in [0.2, 0.25) is 0 Å². The SMILES string of the molecule is O=C(Nc1ccccc1C(=O)O)OCc1ccc2c(c1)OCCO2. The molecule has 7 nitrogen and oxygen atoms in total. The third-order valence-electron chi connectivity index (χ3n) is 3.37. The monoisotopic (exact) mass is 329 g/mol. The van der Waals surface area contributed by atoms with E-state index < -0.39 is 12.1 Å². The maximum Gasteiger partial charge on any atom is 0.411 e. The second kappa shape index (κ2) is 6.91. The number of anilines is 1. The number of carboxylic acid groups (broad SMARTS) is 1. The Morgan fingerprint density at radius 3 is 2.62 bits per heavy atom. The number of aromatic carboxylic acids is 1. The quantitative estimate of drug-likeness (QED) is 0.896. The molecule has 24 heavy (non-hydrogen) atoms. The second-order valence-electron chi connectivity index (χ2n) is 5.03. The lowest BCUT2D eigenvalue weighted by molar-refractivity contribution is 0.0698. The highest BCUT2D eigenvalue weighted by Crippen LogP contribution is 2.30. The molecule has 0 atom stereocenters. The first kappa shape index (κ1) is 15.7.